The summed E-state index contributed by atoms with van der Waals surface area (Å²) < 4.78 is 2.20. The molecule has 3 nitrogen and oxygen atoms in total. The average molecular weight is 176 g/mol. The molecular weight excluding hydrogens is 160 g/mol. The van der Waals surface area contributed by atoms with Gasteiger partial charge in [-0.1, -0.05) is 11.9 Å². The average Bonchev–Trinajstić information content (AvgIpc) is 2.33. The summed E-state index contributed by atoms with van der Waals surface area (Å²) in [6.07, 6.45) is 1.91. The molecule has 0 aromatic carbocycles. The third kappa shape index (κ3) is 2.33. The Labute approximate surface area is 72.3 Å². The first-order valence-corrected chi connectivity index (χ1v) is 5.07. The molecule has 4 heteroatoms. The summed E-state index contributed by atoms with van der Waals surface area (Å²) in [7, 11) is 1.93. The molecule has 1 aliphatic rings. The predicted octanol–water partition coefficient (Wildman–Crippen LogP) is -0.223. The van der Waals surface area contributed by atoms with Gasteiger partial charge in [-0.05, 0) is 13.3 Å². The number of hydrogen-bond donors (Lipinski definition) is 2. The fraction of sp³-hybridized carbons (Fsp3) is 1.00. The van der Waals surface area contributed by atoms with Gasteiger partial charge >= 0.3 is 0 Å². The van der Waals surface area contributed by atoms with E-state index in [0.29, 0.717) is 5.92 Å². The fourth-order valence-electron chi connectivity index (χ4n) is 1.43. The number of aliphatic hydroxyl groups is 1. The highest BCUT2D eigenvalue weighted by molar-refractivity contribution is 7.96. The van der Waals surface area contributed by atoms with Crippen LogP contribution >= 0.6 is 11.9 Å². The first-order valence-electron chi connectivity index (χ1n) is 3.89. The van der Waals surface area contributed by atoms with Crippen LogP contribution in [0.2, 0.25) is 0 Å². The molecule has 1 heterocycles. The zero-order chi connectivity index (χ0) is 8.27. The summed E-state index contributed by atoms with van der Waals surface area (Å²) in [5, 5.41) is 12.6. The topological polar surface area (TPSA) is 35.5 Å². The largest absolute Gasteiger partial charge is 0.391 e. The second-order valence-corrected chi connectivity index (χ2v) is 3.80. The van der Waals surface area contributed by atoms with Crippen molar-refractivity contribution in [2.24, 2.45) is 5.92 Å². The molecule has 0 aliphatic carbocycles. The van der Waals surface area contributed by atoms with Crippen molar-refractivity contribution in [3.05, 3.63) is 0 Å². The van der Waals surface area contributed by atoms with Crippen molar-refractivity contribution in [2.45, 2.75) is 6.10 Å². The highest BCUT2D eigenvalue weighted by Crippen LogP contribution is 2.21. The molecule has 0 aromatic heterocycles. The molecule has 0 spiro atoms. The van der Waals surface area contributed by atoms with Crippen molar-refractivity contribution in [2.75, 3.05) is 32.9 Å². The predicted molar refractivity (Wildman–Crippen MR) is 48.5 cm³/mol. The lowest BCUT2D eigenvalue weighted by molar-refractivity contribution is 0.146. The molecule has 2 unspecified atom stereocenters. The maximum absolute atomic E-state index is 9.53. The van der Waals surface area contributed by atoms with Crippen LogP contribution in [0, 0.1) is 5.92 Å². The number of nitrogens with zero attached hydrogens (tertiary/aromatic N) is 1. The van der Waals surface area contributed by atoms with E-state index < -0.39 is 0 Å². The van der Waals surface area contributed by atoms with Crippen molar-refractivity contribution in [1.82, 2.24) is 9.62 Å². The van der Waals surface area contributed by atoms with Crippen molar-refractivity contribution in [3.8, 4) is 0 Å². The zero-order valence-corrected chi connectivity index (χ0v) is 7.90. The first kappa shape index (κ1) is 9.32. The Morgan fingerprint density at radius 2 is 2.36 bits per heavy atom. The Bertz CT molecular complexity index is 123. The van der Waals surface area contributed by atoms with Crippen LogP contribution in [-0.4, -0.2) is 48.5 Å². The van der Waals surface area contributed by atoms with E-state index in [1.54, 1.807) is 11.9 Å². The Morgan fingerprint density at radius 3 is 2.82 bits per heavy atom. The van der Waals surface area contributed by atoms with Gasteiger partial charge in [-0.25, -0.2) is 4.31 Å². The van der Waals surface area contributed by atoms with E-state index in [0.717, 1.165) is 19.6 Å². The van der Waals surface area contributed by atoms with Gasteiger partial charge in [0.1, 0.15) is 0 Å². The molecule has 2 atom stereocenters. The van der Waals surface area contributed by atoms with Gasteiger partial charge in [-0.2, -0.15) is 0 Å². The van der Waals surface area contributed by atoms with Crippen molar-refractivity contribution < 1.29 is 5.11 Å². The van der Waals surface area contributed by atoms with Gasteiger partial charge < -0.3 is 10.4 Å². The Kier molecular flexibility index (Phi) is 3.65. The summed E-state index contributed by atoms with van der Waals surface area (Å²) in [5.41, 5.74) is 0. The Hall–Kier alpha value is 0.230. The molecule has 0 amide bonds. The number of rotatable bonds is 3. The van der Waals surface area contributed by atoms with E-state index in [-0.39, 0.29) is 6.10 Å². The van der Waals surface area contributed by atoms with E-state index in [1.807, 2.05) is 7.05 Å². The van der Waals surface area contributed by atoms with E-state index in [2.05, 4.69) is 15.9 Å². The molecular formula is C7H16N2OS. The minimum atomic E-state index is -0.144. The minimum absolute atomic E-state index is 0.144. The SMILES string of the molecule is CNCC1CN(SC)CC1O. The van der Waals surface area contributed by atoms with E-state index in [1.165, 1.54) is 0 Å². The molecule has 1 aliphatic heterocycles. The van der Waals surface area contributed by atoms with Gasteiger partial charge in [0.15, 0.2) is 0 Å². The van der Waals surface area contributed by atoms with Gasteiger partial charge in [0, 0.05) is 25.6 Å². The van der Waals surface area contributed by atoms with Crippen molar-refractivity contribution in [3.63, 3.8) is 0 Å². The standard InChI is InChI=1S/C7H16N2OS/c1-8-3-6-4-9(11-2)5-7(6)10/h6-8,10H,3-5H2,1-2H3. The second kappa shape index (κ2) is 4.30. The summed E-state index contributed by atoms with van der Waals surface area (Å²) in [6, 6.07) is 0. The van der Waals surface area contributed by atoms with Gasteiger partial charge in [0.05, 0.1) is 6.10 Å². The van der Waals surface area contributed by atoms with Crippen LogP contribution in [0.5, 0.6) is 0 Å². The van der Waals surface area contributed by atoms with E-state index in [9.17, 15) is 5.11 Å². The Balaban J connectivity index is 2.32. The van der Waals surface area contributed by atoms with Crippen LogP contribution in [0.15, 0.2) is 0 Å². The zero-order valence-electron chi connectivity index (χ0n) is 7.08. The van der Waals surface area contributed by atoms with Gasteiger partial charge in [-0.3, -0.25) is 0 Å². The maximum atomic E-state index is 9.53. The van der Waals surface area contributed by atoms with Crippen molar-refractivity contribution >= 4 is 11.9 Å². The summed E-state index contributed by atoms with van der Waals surface area (Å²) in [4.78, 5) is 0. The smallest absolute Gasteiger partial charge is 0.0729 e. The first-order chi connectivity index (χ1) is 5.27. The number of hydrogen-bond acceptors (Lipinski definition) is 4. The number of β-amino-alcohol motifs (C(OH)–C–C–N with tert-alkyl or cyclic N) is 1. The molecule has 1 fully saturated rings. The monoisotopic (exact) mass is 176 g/mol. The van der Waals surface area contributed by atoms with Crippen LogP contribution in [-0.2, 0) is 0 Å². The van der Waals surface area contributed by atoms with Gasteiger partial charge in [0.25, 0.3) is 0 Å². The highest BCUT2D eigenvalue weighted by Gasteiger charge is 2.29. The van der Waals surface area contributed by atoms with Crippen LogP contribution < -0.4 is 5.32 Å². The van der Waals surface area contributed by atoms with Crippen LogP contribution in [0.3, 0.4) is 0 Å². The third-order valence-electron chi connectivity index (χ3n) is 2.10. The molecule has 0 radical (unpaired) electrons. The number of nitrogens with one attached hydrogen (secondary N) is 1. The molecule has 66 valence electrons. The Morgan fingerprint density at radius 1 is 1.64 bits per heavy atom. The summed E-state index contributed by atoms with van der Waals surface area (Å²) in [6.45, 7) is 2.73. The molecule has 11 heavy (non-hydrogen) atoms. The molecule has 0 bridgehead atoms. The third-order valence-corrected chi connectivity index (χ3v) is 2.91. The second-order valence-electron chi connectivity index (χ2n) is 2.91. The van der Waals surface area contributed by atoms with Crippen LogP contribution in [0.1, 0.15) is 0 Å². The lowest BCUT2D eigenvalue weighted by Gasteiger charge is -2.11. The number of aliphatic hydroxyl groups excluding tert-OH is 1. The molecule has 1 saturated heterocycles. The van der Waals surface area contributed by atoms with E-state index >= 15 is 0 Å². The molecule has 0 saturated carbocycles. The lowest BCUT2D eigenvalue weighted by atomic mass is 10.1. The normalized spacial score (nSPS) is 33.0. The van der Waals surface area contributed by atoms with Crippen LogP contribution in [0.4, 0.5) is 0 Å². The van der Waals surface area contributed by atoms with E-state index in [4.69, 9.17) is 0 Å². The quantitative estimate of drug-likeness (QED) is 0.583. The van der Waals surface area contributed by atoms with Gasteiger partial charge in [-0.15, -0.1) is 0 Å². The molecule has 0 aromatic rings. The van der Waals surface area contributed by atoms with Gasteiger partial charge in [0.2, 0.25) is 0 Å². The summed E-state index contributed by atoms with van der Waals surface area (Å²) >= 11 is 1.71. The molecule has 2 N–H and O–H groups in total. The van der Waals surface area contributed by atoms with Crippen molar-refractivity contribution in [1.29, 1.82) is 0 Å². The summed E-state index contributed by atoms with van der Waals surface area (Å²) in [5.74, 6) is 0.410. The maximum Gasteiger partial charge on any atom is 0.0729 e. The van der Waals surface area contributed by atoms with Crippen LogP contribution in [0.25, 0.3) is 0 Å². The lowest BCUT2D eigenvalue weighted by Crippen LogP contribution is -2.28. The molecule has 1 rings (SSSR count). The minimum Gasteiger partial charge on any atom is -0.391 e. The fourth-order valence-corrected chi connectivity index (χ4v) is 2.07. The highest BCUT2D eigenvalue weighted by atomic mass is 32.2.